The van der Waals surface area contributed by atoms with Crippen molar-refractivity contribution in [1.82, 2.24) is 24.5 Å². The van der Waals surface area contributed by atoms with Crippen LogP contribution in [0.5, 0.6) is 0 Å². The maximum absolute atomic E-state index is 12.4. The molecule has 0 radical (unpaired) electrons. The predicted molar refractivity (Wildman–Crippen MR) is 98.4 cm³/mol. The number of fused-ring (bicyclic) bond motifs is 1. The summed E-state index contributed by atoms with van der Waals surface area (Å²) in [6.45, 7) is 0. The van der Waals surface area contributed by atoms with E-state index in [1.165, 1.54) is 4.57 Å². The third-order valence-corrected chi connectivity index (χ3v) is 4.02. The first-order valence-electron chi connectivity index (χ1n) is 7.54. The van der Waals surface area contributed by atoms with Crippen molar-refractivity contribution >= 4 is 28.5 Å². The lowest BCUT2D eigenvalue weighted by molar-refractivity contribution is 0.938. The van der Waals surface area contributed by atoms with Gasteiger partial charge < -0.3 is 10.7 Å². The number of pyridine rings is 1. The first-order valence-corrected chi connectivity index (χ1v) is 7.92. The summed E-state index contributed by atoms with van der Waals surface area (Å²) in [5.41, 5.74) is 5.83. The number of H-pyrrole nitrogens is 1. The van der Waals surface area contributed by atoms with Crippen LogP contribution in [0, 0.1) is 0 Å². The number of nitrogen functional groups attached to an aromatic ring is 1. The van der Waals surface area contributed by atoms with Gasteiger partial charge in [0.05, 0.1) is 5.69 Å². The van der Waals surface area contributed by atoms with Gasteiger partial charge in [0.2, 0.25) is 0 Å². The molecule has 0 aliphatic carbocycles. The fourth-order valence-corrected chi connectivity index (χ4v) is 2.69. The minimum absolute atomic E-state index is 0.00519. The highest BCUT2D eigenvalue weighted by molar-refractivity contribution is 6.30. The summed E-state index contributed by atoms with van der Waals surface area (Å²) in [6, 6.07) is 11.7. The van der Waals surface area contributed by atoms with Crippen molar-refractivity contribution in [3.63, 3.8) is 0 Å². The predicted octanol–water partition coefficient (Wildman–Crippen LogP) is 1.77. The average Bonchev–Trinajstić information content (AvgIpc) is 2.65. The molecule has 4 aromatic rings. The lowest BCUT2D eigenvalue weighted by atomic mass is 10.3. The van der Waals surface area contributed by atoms with Crippen molar-refractivity contribution in [1.29, 1.82) is 0 Å². The van der Waals surface area contributed by atoms with Crippen molar-refractivity contribution in [2.24, 2.45) is 0 Å². The summed E-state index contributed by atoms with van der Waals surface area (Å²) in [5, 5.41) is 0.515. The SMILES string of the molecule is Nc1c2nc(-c3ccccn3)[nH]c(=O)c2nc(=O)n1-c1ccc(Cl)cc1. The first kappa shape index (κ1) is 16.0. The first-order chi connectivity index (χ1) is 12.5. The molecule has 0 spiro atoms. The van der Waals surface area contributed by atoms with Crippen LogP contribution in [0.4, 0.5) is 5.82 Å². The molecule has 0 aliphatic heterocycles. The quantitative estimate of drug-likeness (QED) is 0.558. The van der Waals surface area contributed by atoms with Crippen LogP contribution in [-0.2, 0) is 0 Å². The molecule has 0 bridgehead atoms. The largest absolute Gasteiger partial charge is 0.383 e. The molecule has 128 valence electrons. The van der Waals surface area contributed by atoms with E-state index in [1.54, 1.807) is 48.7 Å². The van der Waals surface area contributed by atoms with E-state index in [2.05, 4.69) is 19.9 Å². The van der Waals surface area contributed by atoms with E-state index >= 15 is 0 Å². The zero-order valence-electron chi connectivity index (χ0n) is 13.2. The summed E-state index contributed by atoms with van der Waals surface area (Å²) >= 11 is 5.88. The van der Waals surface area contributed by atoms with Crippen molar-refractivity contribution < 1.29 is 0 Å². The summed E-state index contributed by atoms with van der Waals surface area (Å²) in [5.74, 6) is 0.239. The van der Waals surface area contributed by atoms with E-state index in [-0.39, 0.29) is 22.7 Å². The van der Waals surface area contributed by atoms with Crippen LogP contribution in [0.15, 0.2) is 58.3 Å². The third-order valence-electron chi connectivity index (χ3n) is 3.77. The number of rotatable bonds is 2. The zero-order valence-corrected chi connectivity index (χ0v) is 13.9. The number of nitrogens with two attached hydrogens (primary N) is 1. The van der Waals surface area contributed by atoms with Crippen LogP contribution < -0.4 is 17.0 Å². The smallest absolute Gasteiger partial charge is 0.354 e. The fraction of sp³-hybridized carbons (Fsp3) is 0. The molecule has 1 aromatic carbocycles. The molecule has 0 saturated carbocycles. The van der Waals surface area contributed by atoms with Gasteiger partial charge in [-0.3, -0.25) is 9.78 Å². The maximum atomic E-state index is 12.4. The van der Waals surface area contributed by atoms with Gasteiger partial charge in [0.15, 0.2) is 11.3 Å². The van der Waals surface area contributed by atoms with Gasteiger partial charge >= 0.3 is 5.69 Å². The monoisotopic (exact) mass is 366 g/mol. The van der Waals surface area contributed by atoms with Gasteiger partial charge in [0.25, 0.3) is 5.56 Å². The van der Waals surface area contributed by atoms with E-state index in [9.17, 15) is 9.59 Å². The molecule has 3 N–H and O–H groups in total. The molecule has 0 unspecified atom stereocenters. The van der Waals surface area contributed by atoms with E-state index < -0.39 is 11.2 Å². The number of aromatic nitrogens is 5. The Morgan fingerprint density at radius 2 is 1.77 bits per heavy atom. The summed E-state index contributed by atoms with van der Waals surface area (Å²) < 4.78 is 1.17. The van der Waals surface area contributed by atoms with Crippen LogP contribution in [0.2, 0.25) is 5.02 Å². The molecule has 0 amide bonds. The Hall–Kier alpha value is -3.52. The van der Waals surface area contributed by atoms with Gasteiger partial charge in [-0.2, -0.15) is 4.98 Å². The number of benzene rings is 1. The lowest BCUT2D eigenvalue weighted by Gasteiger charge is -2.11. The Balaban J connectivity index is 2.03. The Bertz CT molecular complexity index is 1230. The summed E-state index contributed by atoms with van der Waals surface area (Å²) in [7, 11) is 0. The van der Waals surface area contributed by atoms with Crippen molar-refractivity contribution in [3.8, 4) is 17.2 Å². The third kappa shape index (κ3) is 2.62. The van der Waals surface area contributed by atoms with Crippen molar-refractivity contribution in [3.05, 3.63) is 74.5 Å². The number of aromatic amines is 1. The Morgan fingerprint density at radius 3 is 2.46 bits per heavy atom. The molecule has 8 nitrogen and oxygen atoms in total. The zero-order chi connectivity index (χ0) is 18.3. The topological polar surface area (TPSA) is 120 Å². The molecule has 26 heavy (non-hydrogen) atoms. The molecule has 0 fully saturated rings. The minimum Gasteiger partial charge on any atom is -0.383 e. The molecular weight excluding hydrogens is 356 g/mol. The van der Waals surface area contributed by atoms with Crippen molar-refractivity contribution in [2.45, 2.75) is 0 Å². The second kappa shape index (κ2) is 6.08. The molecule has 4 rings (SSSR count). The summed E-state index contributed by atoms with van der Waals surface area (Å²) in [6.07, 6.45) is 1.58. The Labute approximate surface area is 151 Å². The normalized spacial score (nSPS) is 11.0. The van der Waals surface area contributed by atoms with Crippen molar-refractivity contribution in [2.75, 3.05) is 5.73 Å². The molecule has 9 heteroatoms. The highest BCUT2D eigenvalue weighted by Gasteiger charge is 2.16. The number of hydrogen-bond donors (Lipinski definition) is 2. The van der Waals surface area contributed by atoms with Crippen LogP contribution >= 0.6 is 11.6 Å². The molecular formula is C17H11ClN6O2. The van der Waals surface area contributed by atoms with Crippen LogP contribution in [0.3, 0.4) is 0 Å². The summed E-state index contributed by atoms with van der Waals surface area (Å²) in [4.78, 5) is 39.7. The van der Waals surface area contributed by atoms with Crippen LogP contribution in [0.25, 0.3) is 28.2 Å². The number of nitrogens with one attached hydrogen (secondary N) is 1. The van der Waals surface area contributed by atoms with Gasteiger partial charge in [-0.1, -0.05) is 17.7 Å². The maximum Gasteiger partial charge on any atom is 0.354 e. The minimum atomic E-state index is -0.685. The van der Waals surface area contributed by atoms with Gasteiger partial charge in [-0.25, -0.2) is 14.3 Å². The molecule has 3 aromatic heterocycles. The molecule has 0 atom stereocenters. The number of anilines is 1. The second-order valence-electron chi connectivity index (χ2n) is 5.42. The number of halogens is 1. The second-order valence-corrected chi connectivity index (χ2v) is 5.85. The van der Waals surface area contributed by atoms with Crippen LogP contribution in [0.1, 0.15) is 0 Å². The average molecular weight is 367 g/mol. The fourth-order valence-electron chi connectivity index (χ4n) is 2.57. The van der Waals surface area contributed by atoms with E-state index in [1.807, 2.05) is 0 Å². The van der Waals surface area contributed by atoms with E-state index in [4.69, 9.17) is 17.3 Å². The van der Waals surface area contributed by atoms with Gasteiger partial charge in [-0.15, -0.1) is 0 Å². The highest BCUT2D eigenvalue weighted by Crippen LogP contribution is 2.20. The standard InChI is InChI=1S/C17H11ClN6O2/c18-9-4-6-10(7-5-9)24-14(19)12-13(22-17(24)26)16(25)23-15(21-12)11-3-1-2-8-20-11/h1-8H,19H2,(H,21,23,25). The Kier molecular flexibility index (Phi) is 3.74. The van der Waals surface area contributed by atoms with Gasteiger partial charge in [-0.05, 0) is 36.4 Å². The van der Waals surface area contributed by atoms with Crippen LogP contribution in [-0.4, -0.2) is 24.5 Å². The highest BCUT2D eigenvalue weighted by atomic mass is 35.5. The molecule has 3 heterocycles. The number of hydrogen-bond acceptors (Lipinski definition) is 6. The van der Waals surface area contributed by atoms with Gasteiger partial charge in [0, 0.05) is 11.2 Å². The van der Waals surface area contributed by atoms with E-state index in [0.29, 0.717) is 16.4 Å². The number of nitrogens with zero attached hydrogens (tertiary/aromatic N) is 4. The Morgan fingerprint density at radius 1 is 1.00 bits per heavy atom. The van der Waals surface area contributed by atoms with E-state index in [0.717, 1.165) is 0 Å². The lowest BCUT2D eigenvalue weighted by Crippen LogP contribution is -2.27. The molecule has 0 aliphatic rings. The van der Waals surface area contributed by atoms with Gasteiger partial charge in [0.1, 0.15) is 17.0 Å². The molecule has 0 saturated heterocycles.